The van der Waals surface area contributed by atoms with Crippen LogP contribution in [0.3, 0.4) is 0 Å². The van der Waals surface area contributed by atoms with Crippen LogP contribution in [0.4, 0.5) is 5.69 Å². The van der Waals surface area contributed by atoms with Crippen LogP contribution in [0.5, 0.6) is 11.5 Å². The number of hydrogen-bond acceptors (Lipinski definition) is 6. The monoisotopic (exact) mass is 471 g/mol. The summed E-state index contributed by atoms with van der Waals surface area (Å²) in [6.07, 6.45) is 1.27. The van der Waals surface area contributed by atoms with Crippen molar-refractivity contribution >= 4 is 49.7 Å². The topological polar surface area (TPSA) is 114 Å². The molecule has 2 rings (SSSR count). The van der Waals surface area contributed by atoms with Crippen LogP contribution in [0.1, 0.15) is 5.56 Å². The van der Waals surface area contributed by atoms with Crippen molar-refractivity contribution in [3.8, 4) is 11.5 Å². The van der Waals surface area contributed by atoms with E-state index in [2.05, 4.69) is 42.4 Å². The van der Waals surface area contributed by atoms with Crippen LogP contribution in [0, 0.1) is 10.1 Å². The minimum absolute atomic E-state index is 0.0194. The Hall–Kier alpha value is -2.46. The lowest BCUT2D eigenvalue weighted by Gasteiger charge is -2.05. The highest BCUT2D eigenvalue weighted by molar-refractivity contribution is 9.11. The molecule has 25 heavy (non-hydrogen) atoms. The second kappa shape index (κ2) is 8.58. The van der Waals surface area contributed by atoms with Crippen molar-refractivity contribution in [3.05, 3.63) is 61.0 Å². The molecular weight excluding hydrogens is 462 g/mol. The molecule has 8 nitrogen and oxygen atoms in total. The molecule has 0 saturated carbocycles. The lowest BCUT2D eigenvalue weighted by molar-refractivity contribution is -0.384. The highest BCUT2D eigenvalue weighted by Crippen LogP contribution is 2.30. The number of halogens is 2. The summed E-state index contributed by atoms with van der Waals surface area (Å²) in [5.74, 6) is -0.382. The number of carbonyl (C=O) groups is 1. The van der Waals surface area contributed by atoms with E-state index in [-0.39, 0.29) is 23.8 Å². The number of aromatic hydroxyl groups is 1. The summed E-state index contributed by atoms with van der Waals surface area (Å²) >= 11 is 6.46. The van der Waals surface area contributed by atoms with Gasteiger partial charge in [0.25, 0.3) is 11.6 Å². The van der Waals surface area contributed by atoms with Gasteiger partial charge in [-0.15, -0.1) is 0 Å². The number of nitrogens with one attached hydrogen (secondary N) is 1. The predicted molar refractivity (Wildman–Crippen MR) is 97.8 cm³/mol. The molecule has 0 bridgehead atoms. The maximum Gasteiger partial charge on any atom is 0.277 e. The van der Waals surface area contributed by atoms with Crippen LogP contribution < -0.4 is 10.2 Å². The van der Waals surface area contributed by atoms with Gasteiger partial charge in [-0.3, -0.25) is 14.9 Å². The van der Waals surface area contributed by atoms with E-state index in [0.29, 0.717) is 10.0 Å². The van der Waals surface area contributed by atoms with Crippen molar-refractivity contribution in [2.45, 2.75) is 0 Å². The highest BCUT2D eigenvalue weighted by Gasteiger charge is 2.08. The summed E-state index contributed by atoms with van der Waals surface area (Å²) in [6.45, 7) is -0.368. The average Bonchev–Trinajstić information content (AvgIpc) is 2.57. The first-order chi connectivity index (χ1) is 11.9. The number of benzene rings is 2. The Balaban J connectivity index is 1.91. The average molecular weight is 473 g/mol. The highest BCUT2D eigenvalue weighted by atomic mass is 79.9. The molecule has 0 aromatic heterocycles. The van der Waals surface area contributed by atoms with E-state index >= 15 is 0 Å². The number of carbonyl (C=O) groups excluding carboxylic acids is 1. The molecule has 2 aromatic rings. The minimum Gasteiger partial charge on any atom is -0.506 e. The van der Waals surface area contributed by atoms with Crippen LogP contribution >= 0.6 is 31.9 Å². The third kappa shape index (κ3) is 5.54. The van der Waals surface area contributed by atoms with Gasteiger partial charge in [0, 0.05) is 16.1 Å². The SMILES string of the molecule is O=C(COc1cccc([N+](=O)[O-])c1)NN=Cc1cc(Br)cc(Br)c1O. The van der Waals surface area contributed by atoms with Crippen LogP contribution in [0.2, 0.25) is 0 Å². The molecule has 0 aliphatic heterocycles. The Morgan fingerprint density at radius 1 is 1.36 bits per heavy atom. The molecule has 0 fully saturated rings. The molecule has 2 aromatic carbocycles. The Bertz CT molecular complexity index is 842. The maximum atomic E-state index is 11.7. The van der Waals surface area contributed by atoms with Gasteiger partial charge in [-0.05, 0) is 34.1 Å². The zero-order valence-corrected chi connectivity index (χ0v) is 15.7. The molecule has 0 heterocycles. The van der Waals surface area contributed by atoms with E-state index in [1.165, 1.54) is 30.5 Å². The number of amides is 1. The molecule has 0 unspecified atom stereocenters. The number of hydrogen-bond donors (Lipinski definition) is 2. The molecule has 2 N–H and O–H groups in total. The van der Waals surface area contributed by atoms with E-state index < -0.39 is 10.8 Å². The molecule has 0 aliphatic rings. The molecule has 0 spiro atoms. The van der Waals surface area contributed by atoms with Crippen molar-refractivity contribution in [1.82, 2.24) is 5.43 Å². The van der Waals surface area contributed by atoms with Gasteiger partial charge in [0.15, 0.2) is 6.61 Å². The number of rotatable bonds is 6. The number of hydrazone groups is 1. The van der Waals surface area contributed by atoms with Gasteiger partial charge >= 0.3 is 0 Å². The number of non-ortho nitro benzene ring substituents is 1. The Morgan fingerprint density at radius 3 is 2.84 bits per heavy atom. The van der Waals surface area contributed by atoms with Crippen molar-refractivity contribution in [2.75, 3.05) is 6.61 Å². The van der Waals surface area contributed by atoms with Gasteiger partial charge in [-0.2, -0.15) is 5.10 Å². The zero-order valence-electron chi connectivity index (χ0n) is 12.5. The fraction of sp³-hybridized carbons (Fsp3) is 0.0667. The van der Waals surface area contributed by atoms with Gasteiger partial charge in [0.1, 0.15) is 11.5 Å². The summed E-state index contributed by atoms with van der Waals surface area (Å²) < 4.78 is 6.37. The van der Waals surface area contributed by atoms with Gasteiger partial charge in [0.2, 0.25) is 0 Å². The van der Waals surface area contributed by atoms with Gasteiger partial charge in [-0.1, -0.05) is 22.0 Å². The molecule has 10 heteroatoms. The van der Waals surface area contributed by atoms with Gasteiger partial charge in [-0.25, -0.2) is 5.43 Å². The number of ether oxygens (including phenoxy) is 1. The third-order valence-electron chi connectivity index (χ3n) is 2.85. The van der Waals surface area contributed by atoms with Crippen molar-refractivity contribution in [1.29, 1.82) is 0 Å². The summed E-state index contributed by atoms with van der Waals surface area (Å²) in [7, 11) is 0. The summed E-state index contributed by atoms with van der Waals surface area (Å²) in [5, 5.41) is 24.3. The van der Waals surface area contributed by atoms with Crippen molar-refractivity contribution < 1.29 is 19.6 Å². The Kier molecular flexibility index (Phi) is 6.48. The minimum atomic E-state index is -0.559. The van der Waals surface area contributed by atoms with E-state index in [9.17, 15) is 20.0 Å². The van der Waals surface area contributed by atoms with Gasteiger partial charge in [0.05, 0.1) is 21.7 Å². The standard InChI is InChI=1S/C15H11Br2N3O5/c16-10-4-9(15(22)13(17)5-10)7-18-19-14(21)8-25-12-3-1-2-11(6-12)20(23)24/h1-7,22H,8H2,(H,19,21). The lowest BCUT2D eigenvalue weighted by Crippen LogP contribution is -2.24. The fourth-order valence-electron chi connectivity index (χ4n) is 1.73. The van der Waals surface area contributed by atoms with E-state index in [0.717, 1.165) is 4.47 Å². The first kappa shape index (κ1) is 18.9. The van der Waals surface area contributed by atoms with Crippen LogP contribution in [-0.2, 0) is 4.79 Å². The number of nitro groups is 1. The summed E-state index contributed by atoms with van der Waals surface area (Å²) in [4.78, 5) is 21.8. The van der Waals surface area contributed by atoms with Crippen LogP contribution in [-0.4, -0.2) is 28.8 Å². The second-order valence-electron chi connectivity index (χ2n) is 4.66. The van der Waals surface area contributed by atoms with Crippen LogP contribution in [0.15, 0.2) is 50.4 Å². The largest absolute Gasteiger partial charge is 0.506 e. The number of phenolic OH excluding ortho intramolecular Hbond substituents is 1. The maximum absolute atomic E-state index is 11.7. The fourth-order valence-corrected chi connectivity index (χ4v) is 2.98. The lowest BCUT2D eigenvalue weighted by atomic mass is 10.2. The summed E-state index contributed by atoms with van der Waals surface area (Å²) in [6, 6.07) is 8.78. The zero-order chi connectivity index (χ0) is 18.4. The predicted octanol–water partition coefficient (Wildman–Crippen LogP) is 3.35. The first-order valence-corrected chi connectivity index (χ1v) is 8.32. The Labute approximate surface area is 158 Å². The van der Waals surface area contributed by atoms with E-state index in [1.807, 2.05) is 0 Å². The molecule has 0 aliphatic carbocycles. The first-order valence-electron chi connectivity index (χ1n) is 6.74. The summed E-state index contributed by atoms with van der Waals surface area (Å²) in [5.41, 5.74) is 2.49. The van der Waals surface area contributed by atoms with E-state index in [1.54, 1.807) is 12.1 Å². The molecular formula is C15H11Br2N3O5. The number of nitrogens with zero attached hydrogens (tertiary/aromatic N) is 2. The normalized spacial score (nSPS) is 10.6. The smallest absolute Gasteiger partial charge is 0.277 e. The Morgan fingerprint density at radius 2 is 2.12 bits per heavy atom. The molecule has 1 amide bonds. The quantitative estimate of drug-likeness (QED) is 0.380. The molecule has 130 valence electrons. The third-order valence-corrected chi connectivity index (χ3v) is 3.91. The van der Waals surface area contributed by atoms with Crippen molar-refractivity contribution in [3.63, 3.8) is 0 Å². The van der Waals surface area contributed by atoms with E-state index in [4.69, 9.17) is 4.74 Å². The molecule has 0 atom stereocenters. The van der Waals surface area contributed by atoms with Crippen molar-refractivity contribution in [2.24, 2.45) is 5.10 Å². The molecule has 0 saturated heterocycles. The number of phenols is 1. The second-order valence-corrected chi connectivity index (χ2v) is 6.43. The van der Waals surface area contributed by atoms with Gasteiger partial charge < -0.3 is 9.84 Å². The van der Waals surface area contributed by atoms with Crippen LogP contribution in [0.25, 0.3) is 0 Å². The molecule has 0 radical (unpaired) electrons. The number of nitro benzene ring substituents is 1.